The molecule has 0 radical (unpaired) electrons. The number of hydrogen-bond acceptors (Lipinski definition) is 5. The van der Waals surface area contributed by atoms with E-state index >= 15 is 0 Å². The van der Waals surface area contributed by atoms with Crippen molar-refractivity contribution in [3.05, 3.63) is 118 Å². The second-order valence-corrected chi connectivity index (χ2v) is 9.86. The van der Waals surface area contributed by atoms with E-state index in [0.717, 1.165) is 16.7 Å². The van der Waals surface area contributed by atoms with Crippen LogP contribution in [-0.4, -0.2) is 30.1 Å². The van der Waals surface area contributed by atoms with Crippen molar-refractivity contribution >= 4 is 11.9 Å². The molecule has 4 rings (SSSR count). The highest BCUT2D eigenvalue weighted by Crippen LogP contribution is 2.29. The first-order chi connectivity index (χ1) is 19.8. The Kier molecular flexibility index (Phi) is 10.1. The largest absolute Gasteiger partial charge is 0.489 e. The number of benzene rings is 4. The first-order valence-electron chi connectivity index (χ1n) is 13.6. The van der Waals surface area contributed by atoms with Gasteiger partial charge in [0.25, 0.3) is 0 Å². The Bertz CT molecular complexity index is 1500. The standard InChI is InChI=1S/C34H36N2O5/c1-23-28(11-7-13-31(23)26-9-5-4-6-10-26)21-40-30-16-15-27(20-35-17-18-36-25(3)37)33(19-30)41-22-29-12-8-14-32(24(29)2)34(38)39/h4-16,19,35H,17-18,20-22H2,1-3H3,(H,36,37)(H,38,39). The van der Waals surface area contributed by atoms with Crippen LogP contribution in [0.5, 0.6) is 11.5 Å². The van der Waals surface area contributed by atoms with Gasteiger partial charge in [0, 0.05) is 38.2 Å². The minimum Gasteiger partial charge on any atom is -0.489 e. The molecular weight excluding hydrogens is 516 g/mol. The summed E-state index contributed by atoms with van der Waals surface area (Å²) >= 11 is 0. The third-order valence-electron chi connectivity index (χ3n) is 7.01. The fraction of sp³-hybridized carbons (Fsp3) is 0.235. The first-order valence-corrected chi connectivity index (χ1v) is 13.6. The molecule has 0 aliphatic carbocycles. The van der Waals surface area contributed by atoms with Gasteiger partial charge in [-0.1, -0.05) is 66.7 Å². The average Bonchev–Trinajstić information content (AvgIpc) is 2.96. The topological polar surface area (TPSA) is 96.9 Å². The Hall–Kier alpha value is -4.62. The molecule has 0 aliphatic heterocycles. The SMILES string of the molecule is CC(=O)NCCNCc1ccc(OCc2cccc(-c3ccccc3)c2C)cc1OCc1cccc(C(=O)O)c1C. The van der Waals surface area contributed by atoms with Crippen LogP contribution in [0.3, 0.4) is 0 Å². The predicted molar refractivity (Wildman–Crippen MR) is 160 cm³/mol. The van der Waals surface area contributed by atoms with E-state index in [1.807, 2.05) is 48.5 Å². The number of carboxylic acid groups (broad SMARTS) is 1. The molecule has 0 unspecified atom stereocenters. The molecule has 0 saturated carbocycles. The van der Waals surface area contributed by atoms with E-state index in [0.29, 0.717) is 43.3 Å². The van der Waals surface area contributed by atoms with Gasteiger partial charge in [-0.2, -0.15) is 0 Å². The summed E-state index contributed by atoms with van der Waals surface area (Å²) in [6.45, 7) is 7.67. The number of rotatable bonds is 13. The molecule has 41 heavy (non-hydrogen) atoms. The third-order valence-corrected chi connectivity index (χ3v) is 7.01. The van der Waals surface area contributed by atoms with Gasteiger partial charge in [-0.3, -0.25) is 4.79 Å². The Morgan fingerprint density at radius 3 is 2.20 bits per heavy atom. The van der Waals surface area contributed by atoms with E-state index in [-0.39, 0.29) is 18.1 Å². The first kappa shape index (κ1) is 29.4. The molecule has 7 heteroatoms. The van der Waals surface area contributed by atoms with Crippen LogP contribution in [0.2, 0.25) is 0 Å². The van der Waals surface area contributed by atoms with Gasteiger partial charge in [0.1, 0.15) is 24.7 Å². The van der Waals surface area contributed by atoms with E-state index in [1.165, 1.54) is 23.6 Å². The highest BCUT2D eigenvalue weighted by Gasteiger charge is 2.13. The number of carbonyl (C=O) groups is 2. The van der Waals surface area contributed by atoms with Gasteiger partial charge >= 0.3 is 5.97 Å². The lowest BCUT2D eigenvalue weighted by Crippen LogP contribution is -2.30. The summed E-state index contributed by atoms with van der Waals surface area (Å²) in [6.07, 6.45) is 0. The van der Waals surface area contributed by atoms with Crippen molar-refractivity contribution in [2.45, 2.75) is 40.5 Å². The highest BCUT2D eigenvalue weighted by atomic mass is 16.5. The number of ether oxygens (including phenoxy) is 2. The van der Waals surface area contributed by atoms with Crippen molar-refractivity contribution in [1.82, 2.24) is 10.6 Å². The molecule has 1 amide bonds. The number of nitrogens with one attached hydrogen (secondary N) is 2. The number of carbonyl (C=O) groups excluding carboxylic acids is 1. The molecule has 7 nitrogen and oxygen atoms in total. The molecule has 212 valence electrons. The summed E-state index contributed by atoms with van der Waals surface area (Å²) in [7, 11) is 0. The summed E-state index contributed by atoms with van der Waals surface area (Å²) in [5.74, 6) is 0.281. The predicted octanol–water partition coefficient (Wildman–Crippen LogP) is 6.05. The van der Waals surface area contributed by atoms with Crippen molar-refractivity contribution in [2.75, 3.05) is 13.1 Å². The van der Waals surface area contributed by atoms with Crippen molar-refractivity contribution in [3.63, 3.8) is 0 Å². The van der Waals surface area contributed by atoms with E-state index in [4.69, 9.17) is 9.47 Å². The van der Waals surface area contributed by atoms with Gasteiger partial charge in [-0.15, -0.1) is 0 Å². The van der Waals surface area contributed by atoms with Gasteiger partial charge < -0.3 is 25.2 Å². The normalized spacial score (nSPS) is 10.7. The molecule has 0 bridgehead atoms. The van der Waals surface area contributed by atoms with Gasteiger partial charge in [-0.25, -0.2) is 4.79 Å². The highest BCUT2D eigenvalue weighted by molar-refractivity contribution is 5.89. The smallest absolute Gasteiger partial charge is 0.335 e. The van der Waals surface area contributed by atoms with Crippen LogP contribution in [0.15, 0.2) is 84.9 Å². The van der Waals surface area contributed by atoms with Gasteiger partial charge in [-0.05, 0) is 59.4 Å². The molecule has 0 aliphatic rings. The van der Waals surface area contributed by atoms with Crippen molar-refractivity contribution in [2.24, 2.45) is 0 Å². The zero-order valence-electron chi connectivity index (χ0n) is 23.7. The zero-order valence-corrected chi connectivity index (χ0v) is 23.7. The lowest BCUT2D eigenvalue weighted by molar-refractivity contribution is -0.118. The minimum absolute atomic E-state index is 0.0687. The molecule has 0 aromatic heterocycles. The quantitative estimate of drug-likeness (QED) is 0.175. The number of hydrogen-bond donors (Lipinski definition) is 3. The molecule has 4 aromatic carbocycles. The van der Waals surface area contributed by atoms with Crippen molar-refractivity contribution < 1.29 is 24.2 Å². The fourth-order valence-electron chi connectivity index (χ4n) is 4.61. The molecule has 0 saturated heterocycles. The summed E-state index contributed by atoms with van der Waals surface area (Å²) in [6, 6.07) is 27.5. The lowest BCUT2D eigenvalue weighted by atomic mass is 9.97. The maximum absolute atomic E-state index is 11.6. The molecule has 3 N–H and O–H groups in total. The fourth-order valence-corrected chi connectivity index (χ4v) is 4.61. The van der Waals surface area contributed by atoms with Crippen LogP contribution < -0.4 is 20.1 Å². The zero-order chi connectivity index (χ0) is 29.2. The van der Waals surface area contributed by atoms with Crippen LogP contribution in [0, 0.1) is 13.8 Å². The van der Waals surface area contributed by atoms with Crippen molar-refractivity contribution in [3.8, 4) is 22.6 Å². The minimum atomic E-state index is -0.963. The second kappa shape index (κ2) is 14.1. The Morgan fingerprint density at radius 2 is 1.46 bits per heavy atom. The summed E-state index contributed by atoms with van der Waals surface area (Å²) in [5.41, 5.74) is 7.27. The summed E-state index contributed by atoms with van der Waals surface area (Å²) in [5, 5.41) is 15.6. The third kappa shape index (κ3) is 7.96. The molecule has 0 fully saturated rings. The number of aromatic carboxylic acids is 1. The summed E-state index contributed by atoms with van der Waals surface area (Å²) in [4.78, 5) is 22.7. The van der Waals surface area contributed by atoms with Gasteiger partial charge in [0.05, 0.1) is 5.56 Å². The van der Waals surface area contributed by atoms with E-state index in [9.17, 15) is 14.7 Å². The van der Waals surface area contributed by atoms with E-state index in [2.05, 4.69) is 41.8 Å². The molecular formula is C34H36N2O5. The molecule has 0 atom stereocenters. The molecule has 0 spiro atoms. The molecule has 0 heterocycles. The van der Waals surface area contributed by atoms with Gasteiger partial charge in [0.15, 0.2) is 0 Å². The van der Waals surface area contributed by atoms with Crippen LogP contribution in [-0.2, 0) is 24.6 Å². The van der Waals surface area contributed by atoms with Gasteiger partial charge in [0.2, 0.25) is 5.91 Å². The second-order valence-electron chi connectivity index (χ2n) is 9.86. The van der Waals surface area contributed by atoms with Crippen molar-refractivity contribution in [1.29, 1.82) is 0 Å². The molecule has 4 aromatic rings. The lowest BCUT2D eigenvalue weighted by Gasteiger charge is -2.17. The Balaban J connectivity index is 1.51. The van der Waals surface area contributed by atoms with Crippen LogP contribution in [0.4, 0.5) is 0 Å². The monoisotopic (exact) mass is 552 g/mol. The summed E-state index contributed by atoms with van der Waals surface area (Å²) < 4.78 is 12.5. The maximum Gasteiger partial charge on any atom is 0.335 e. The van der Waals surface area contributed by atoms with E-state index < -0.39 is 5.97 Å². The maximum atomic E-state index is 11.6. The Morgan fingerprint density at radius 1 is 0.756 bits per heavy atom. The Labute approximate surface area is 241 Å². The number of amides is 1. The van der Waals surface area contributed by atoms with Crippen LogP contribution in [0.1, 0.15) is 45.1 Å². The number of carboxylic acids is 1. The van der Waals surface area contributed by atoms with Crippen LogP contribution in [0.25, 0.3) is 11.1 Å². The average molecular weight is 553 g/mol. The van der Waals surface area contributed by atoms with E-state index in [1.54, 1.807) is 19.1 Å². The van der Waals surface area contributed by atoms with Crippen LogP contribution >= 0.6 is 0 Å².